The van der Waals surface area contributed by atoms with Gasteiger partial charge in [0.05, 0.1) is 0 Å². The molecule has 1 aliphatic carbocycles. The molecular weight excluding hydrogens is 300 g/mol. The molecule has 0 radical (unpaired) electrons. The Morgan fingerprint density at radius 3 is 2.46 bits per heavy atom. The monoisotopic (exact) mass is 328 g/mol. The smallest absolute Gasteiger partial charge is 0.254 e. The third-order valence-corrected chi connectivity index (χ3v) is 5.09. The van der Waals surface area contributed by atoms with E-state index in [1.165, 1.54) is 0 Å². The van der Waals surface area contributed by atoms with Gasteiger partial charge in [-0.15, -0.1) is 0 Å². The summed E-state index contributed by atoms with van der Waals surface area (Å²) in [7, 11) is 0. The molecule has 130 valence electrons. The van der Waals surface area contributed by atoms with Crippen LogP contribution in [0.4, 0.5) is 0 Å². The Kier molecular flexibility index (Phi) is 4.66. The first-order chi connectivity index (χ1) is 11.3. The summed E-state index contributed by atoms with van der Waals surface area (Å²) < 4.78 is 0. The number of hydrogen-bond acceptors (Lipinski definition) is 2. The second-order valence-corrected chi connectivity index (χ2v) is 8.30. The van der Waals surface area contributed by atoms with E-state index in [9.17, 15) is 9.59 Å². The standard InChI is InChI=1S/C20H28N2O2/c1-20(2,3)21-18(23)15-10-8-14(9-11-15)12-22-13-16-6-4-5-7-17(16)19(22)24/h4-7,14-15H,8-13H2,1-3H3,(H,21,23). The first-order valence-corrected chi connectivity index (χ1v) is 9.03. The van der Waals surface area contributed by atoms with Crippen LogP contribution >= 0.6 is 0 Å². The van der Waals surface area contributed by atoms with Gasteiger partial charge < -0.3 is 10.2 Å². The van der Waals surface area contributed by atoms with Crippen molar-refractivity contribution in [2.45, 2.75) is 58.5 Å². The van der Waals surface area contributed by atoms with Crippen LogP contribution in [0.3, 0.4) is 0 Å². The second-order valence-electron chi connectivity index (χ2n) is 8.30. The number of carbonyl (C=O) groups is 2. The highest BCUT2D eigenvalue weighted by Crippen LogP contribution is 2.32. The molecule has 0 spiro atoms. The van der Waals surface area contributed by atoms with Crippen LogP contribution in [0.2, 0.25) is 0 Å². The molecule has 0 atom stereocenters. The van der Waals surface area contributed by atoms with Crippen molar-refractivity contribution < 1.29 is 9.59 Å². The van der Waals surface area contributed by atoms with Gasteiger partial charge in [0.15, 0.2) is 0 Å². The van der Waals surface area contributed by atoms with Gasteiger partial charge >= 0.3 is 0 Å². The Labute approximate surface area is 144 Å². The number of nitrogens with zero attached hydrogens (tertiary/aromatic N) is 1. The third kappa shape index (κ3) is 3.80. The molecule has 1 aliphatic heterocycles. The van der Waals surface area contributed by atoms with Crippen molar-refractivity contribution in [3.05, 3.63) is 35.4 Å². The summed E-state index contributed by atoms with van der Waals surface area (Å²) in [4.78, 5) is 26.7. The number of hydrogen-bond donors (Lipinski definition) is 1. The number of amides is 2. The fourth-order valence-corrected chi connectivity index (χ4v) is 3.85. The SMILES string of the molecule is CC(C)(C)NC(=O)C1CCC(CN2Cc3ccccc3C2=O)CC1. The number of carbonyl (C=O) groups excluding carboxylic acids is 2. The van der Waals surface area contributed by atoms with E-state index in [1.807, 2.05) is 49.9 Å². The molecule has 1 fully saturated rings. The zero-order valence-electron chi connectivity index (χ0n) is 15.0. The molecule has 2 amide bonds. The van der Waals surface area contributed by atoms with Gasteiger partial charge in [-0.2, -0.15) is 0 Å². The van der Waals surface area contributed by atoms with Crippen LogP contribution in [0.5, 0.6) is 0 Å². The normalized spacial score (nSPS) is 24.0. The first kappa shape index (κ1) is 17.0. The number of nitrogens with one attached hydrogen (secondary N) is 1. The fraction of sp³-hybridized carbons (Fsp3) is 0.600. The average molecular weight is 328 g/mol. The van der Waals surface area contributed by atoms with E-state index < -0.39 is 0 Å². The average Bonchev–Trinajstić information content (AvgIpc) is 2.83. The van der Waals surface area contributed by atoms with Crippen molar-refractivity contribution in [3.63, 3.8) is 0 Å². The molecule has 0 aromatic heterocycles. The van der Waals surface area contributed by atoms with Gasteiger partial charge in [-0.1, -0.05) is 18.2 Å². The summed E-state index contributed by atoms with van der Waals surface area (Å²) >= 11 is 0. The summed E-state index contributed by atoms with van der Waals surface area (Å²) in [6.07, 6.45) is 3.92. The van der Waals surface area contributed by atoms with Gasteiger partial charge in [0.2, 0.25) is 5.91 Å². The van der Waals surface area contributed by atoms with E-state index in [0.29, 0.717) is 5.92 Å². The molecular formula is C20H28N2O2. The van der Waals surface area contributed by atoms with E-state index in [2.05, 4.69) is 5.32 Å². The highest BCUT2D eigenvalue weighted by Gasteiger charge is 2.32. The zero-order chi connectivity index (χ0) is 17.3. The van der Waals surface area contributed by atoms with E-state index >= 15 is 0 Å². The summed E-state index contributed by atoms with van der Waals surface area (Å²) in [5.41, 5.74) is 1.83. The minimum atomic E-state index is -0.165. The van der Waals surface area contributed by atoms with Crippen LogP contribution in [-0.4, -0.2) is 28.8 Å². The van der Waals surface area contributed by atoms with Crippen molar-refractivity contribution in [2.24, 2.45) is 11.8 Å². The van der Waals surface area contributed by atoms with Gasteiger partial charge in [0.25, 0.3) is 5.91 Å². The summed E-state index contributed by atoms with van der Waals surface area (Å²) in [6, 6.07) is 7.89. The Morgan fingerprint density at radius 2 is 1.83 bits per heavy atom. The fourth-order valence-electron chi connectivity index (χ4n) is 3.85. The van der Waals surface area contributed by atoms with Gasteiger partial charge in [-0.05, 0) is 64.0 Å². The van der Waals surface area contributed by atoms with E-state index in [0.717, 1.165) is 49.9 Å². The van der Waals surface area contributed by atoms with E-state index in [4.69, 9.17) is 0 Å². The molecule has 0 unspecified atom stereocenters. The largest absolute Gasteiger partial charge is 0.351 e. The molecule has 3 rings (SSSR count). The van der Waals surface area contributed by atoms with Gasteiger partial charge in [-0.3, -0.25) is 9.59 Å². The quantitative estimate of drug-likeness (QED) is 0.925. The molecule has 24 heavy (non-hydrogen) atoms. The molecule has 1 aromatic carbocycles. The molecule has 1 saturated carbocycles. The zero-order valence-corrected chi connectivity index (χ0v) is 15.0. The lowest BCUT2D eigenvalue weighted by atomic mass is 9.81. The third-order valence-electron chi connectivity index (χ3n) is 5.09. The second kappa shape index (κ2) is 6.58. The Bertz CT molecular complexity index is 625. The highest BCUT2D eigenvalue weighted by molar-refractivity contribution is 5.98. The molecule has 0 saturated heterocycles. The summed E-state index contributed by atoms with van der Waals surface area (Å²) in [6.45, 7) is 7.62. The Balaban J connectivity index is 1.50. The molecule has 1 N–H and O–H groups in total. The number of benzene rings is 1. The predicted octanol–water partition coefficient (Wildman–Crippen LogP) is 3.36. The van der Waals surface area contributed by atoms with Crippen LogP contribution in [0, 0.1) is 11.8 Å². The van der Waals surface area contributed by atoms with Crippen LogP contribution in [0.15, 0.2) is 24.3 Å². The highest BCUT2D eigenvalue weighted by atomic mass is 16.2. The molecule has 1 aromatic rings. The number of rotatable bonds is 3. The van der Waals surface area contributed by atoms with E-state index in [-0.39, 0.29) is 23.3 Å². The van der Waals surface area contributed by atoms with Crippen molar-refractivity contribution in [2.75, 3.05) is 6.54 Å². The minimum absolute atomic E-state index is 0.131. The van der Waals surface area contributed by atoms with Crippen molar-refractivity contribution in [3.8, 4) is 0 Å². The van der Waals surface area contributed by atoms with Gasteiger partial charge in [-0.25, -0.2) is 0 Å². The predicted molar refractivity (Wildman–Crippen MR) is 94.5 cm³/mol. The molecule has 4 heteroatoms. The van der Waals surface area contributed by atoms with Crippen LogP contribution < -0.4 is 5.32 Å². The van der Waals surface area contributed by atoms with Crippen molar-refractivity contribution in [1.29, 1.82) is 0 Å². The summed E-state index contributed by atoms with van der Waals surface area (Å²) in [5.74, 6) is 0.998. The molecule has 2 aliphatic rings. The molecule has 1 heterocycles. The molecule has 0 bridgehead atoms. The Morgan fingerprint density at radius 1 is 1.17 bits per heavy atom. The van der Waals surface area contributed by atoms with E-state index in [1.54, 1.807) is 0 Å². The Hall–Kier alpha value is -1.84. The lowest BCUT2D eigenvalue weighted by molar-refractivity contribution is -0.127. The van der Waals surface area contributed by atoms with Gasteiger partial charge in [0.1, 0.15) is 0 Å². The molecule has 4 nitrogen and oxygen atoms in total. The van der Waals surface area contributed by atoms with Gasteiger partial charge in [0, 0.05) is 30.1 Å². The minimum Gasteiger partial charge on any atom is -0.351 e. The van der Waals surface area contributed by atoms with Crippen LogP contribution in [0.1, 0.15) is 62.4 Å². The lowest BCUT2D eigenvalue weighted by Crippen LogP contribution is -2.45. The summed E-state index contributed by atoms with van der Waals surface area (Å²) in [5, 5.41) is 3.09. The maximum Gasteiger partial charge on any atom is 0.254 e. The van der Waals surface area contributed by atoms with Crippen LogP contribution in [0.25, 0.3) is 0 Å². The maximum atomic E-state index is 12.5. The maximum absolute atomic E-state index is 12.5. The van der Waals surface area contributed by atoms with Crippen LogP contribution in [-0.2, 0) is 11.3 Å². The topological polar surface area (TPSA) is 49.4 Å². The number of fused-ring (bicyclic) bond motifs is 1. The van der Waals surface area contributed by atoms with Crippen molar-refractivity contribution >= 4 is 11.8 Å². The lowest BCUT2D eigenvalue weighted by Gasteiger charge is -2.32. The van der Waals surface area contributed by atoms with Crippen molar-refractivity contribution in [1.82, 2.24) is 10.2 Å². The first-order valence-electron chi connectivity index (χ1n) is 9.03.